The Hall–Kier alpha value is -0.900. The first-order chi connectivity index (χ1) is 7.93. The standard InChI is InChI=1S/C13H15N3.2ClH/c1-2-11-8-12(9-16-13(11)15-5-1)10-3-6-14-7-4-10;;/h1-2,5,8-10,14H,3-4,6-7H2;2*1H. The van der Waals surface area contributed by atoms with Crippen LogP contribution < -0.4 is 5.32 Å². The predicted molar refractivity (Wildman–Crippen MR) is 78.9 cm³/mol. The average molecular weight is 286 g/mol. The number of hydrogen-bond donors (Lipinski definition) is 1. The van der Waals surface area contributed by atoms with Crippen LogP contribution >= 0.6 is 24.8 Å². The fourth-order valence-corrected chi connectivity index (χ4v) is 2.36. The SMILES string of the molecule is Cl.Cl.c1cnc2ncc(C3CCNCC3)cc2c1. The monoisotopic (exact) mass is 285 g/mol. The molecule has 1 aliphatic heterocycles. The van der Waals surface area contributed by atoms with Crippen LogP contribution in [0.4, 0.5) is 0 Å². The molecule has 1 N–H and O–H groups in total. The van der Waals surface area contributed by atoms with Crippen molar-refractivity contribution in [2.45, 2.75) is 18.8 Å². The van der Waals surface area contributed by atoms with Crippen molar-refractivity contribution in [1.29, 1.82) is 0 Å². The third-order valence-corrected chi connectivity index (χ3v) is 3.29. The summed E-state index contributed by atoms with van der Waals surface area (Å²) in [6.07, 6.45) is 6.21. The smallest absolute Gasteiger partial charge is 0.159 e. The van der Waals surface area contributed by atoms with Crippen LogP contribution in [0.1, 0.15) is 24.3 Å². The van der Waals surface area contributed by atoms with Crippen LogP contribution in [0.15, 0.2) is 30.6 Å². The summed E-state index contributed by atoms with van der Waals surface area (Å²) in [4.78, 5) is 8.67. The number of nitrogens with zero attached hydrogens (tertiary/aromatic N) is 2. The van der Waals surface area contributed by atoms with Crippen LogP contribution in [0.5, 0.6) is 0 Å². The van der Waals surface area contributed by atoms with E-state index in [4.69, 9.17) is 0 Å². The summed E-state index contributed by atoms with van der Waals surface area (Å²) < 4.78 is 0. The highest BCUT2D eigenvalue weighted by Gasteiger charge is 2.15. The van der Waals surface area contributed by atoms with E-state index in [1.165, 1.54) is 18.4 Å². The fourth-order valence-electron chi connectivity index (χ4n) is 2.36. The fraction of sp³-hybridized carbons (Fsp3) is 0.385. The van der Waals surface area contributed by atoms with Gasteiger partial charge in [0.2, 0.25) is 0 Å². The summed E-state index contributed by atoms with van der Waals surface area (Å²) in [6.45, 7) is 2.24. The number of fused-ring (bicyclic) bond motifs is 1. The minimum atomic E-state index is 0. The second kappa shape index (κ2) is 6.88. The number of rotatable bonds is 1. The van der Waals surface area contributed by atoms with Crippen LogP contribution in [0.2, 0.25) is 0 Å². The highest BCUT2D eigenvalue weighted by atomic mass is 35.5. The van der Waals surface area contributed by atoms with E-state index >= 15 is 0 Å². The van der Waals surface area contributed by atoms with Gasteiger partial charge in [-0.3, -0.25) is 0 Å². The van der Waals surface area contributed by atoms with E-state index in [0.717, 1.165) is 24.1 Å². The molecule has 2 aromatic heterocycles. The zero-order valence-corrected chi connectivity index (χ0v) is 11.6. The Bertz CT molecular complexity index is 498. The average Bonchev–Trinajstić information content (AvgIpc) is 2.39. The Kier molecular flexibility index (Phi) is 5.79. The summed E-state index contributed by atoms with van der Waals surface area (Å²) in [7, 11) is 0. The second-order valence-corrected chi connectivity index (χ2v) is 4.34. The Morgan fingerprint density at radius 2 is 1.89 bits per heavy atom. The molecule has 0 aromatic carbocycles. The van der Waals surface area contributed by atoms with Crippen molar-refractivity contribution in [3.05, 3.63) is 36.2 Å². The lowest BCUT2D eigenvalue weighted by Gasteiger charge is -2.22. The summed E-state index contributed by atoms with van der Waals surface area (Å²) in [5.41, 5.74) is 2.21. The molecule has 0 atom stereocenters. The van der Waals surface area contributed by atoms with Gasteiger partial charge in [-0.15, -0.1) is 24.8 Å². The topological polar surface area (TPSA) is 37.8 Å². The van der Waals surface area contributed by atoms with Crippen molar-refractivity contribution in [2.24, 2.45) is 0 Å². The molecule has 3 nitrogen and oxygen atoms in total. The van der Waals surface area contributed by atoms with E-state index in [1.807, 2.05) is 12.3 Å². The highest BCUT2D eigenvalue weighted by molar-refractivity contribution is 5.85. The summed E-state index contributed by atoms with van der Waals surface area (Å²) in [6, 6.07) is 6.29. The van der Waals surface area contributed by atoms with E-state index < -0.39 is 0 Å². The van der Waals surface area contributed by atoms with Crippen LogP contribution in [0.3, 0.4) is 0 Å². The Morgan fingerprint density at radius 1 is 1.11 bits per heavy atom. The molecule has 0 amide bonds. The summed E-state index contributed by atoms with van der Waals surface area (Å²) >= 11 is 0. The van der Waals surface area contributed by atoms with Crippen molar-refractivity contribution < 1.29 is 0 Å². The van der Waals surface area contributed by atoms with Gasteiger partial charge in [-0.1, -0.05) is 0 Å². The minimum Gasteiger partial charge on any atom is -0.317 e. The molecule has 0 aliphatic carbocycles. The van der Waals surface area contributed by atoms with Gasteiger partial charge >= 0.3 is 0 Å². The number of aromatic nitrogens is 2. The van der Waals surface area contributed by atoms with Crippen molar-refractivity contribution in [3.8, 4) is 0 Å². The lowest BCUT2D eigenvalue weighted by atomic mass is 9.91. The number of nitrogens with one attached hydrogen (secondary N) is 1. The maximum Gasteiger partial charge on any atom is 0.159 e. The third kappa shape index (κ3) is 3.10. The molecule has 0 radical (unpaired) electrons. The molecule has 0 saturated carbocycles. The molecule has 18 heavy (non-hydrogen) atoms. The Morgan fingerprint density at radius 3 is 2.67 bits per heavy atom. The number of halogens is 2. The lowest BCUT2D eigenvalue weighted by Crippen LogP contribution is -2.26. The van der Waals surface area contributed by atoms with E-state index in [2.05, 4.69) is 27.4 Å². The maximum atomic E-state index is 4.42. The molecule has 98 valence electrons. The maximum absolute atomic E-state index is 4.42. The molecule has 0 bridgehead atoms. The molecule has 1 saturated heterocycles. The second-order valence-electron chi connectivity index (χ2n) is 4.34. The molecule has 1 fully saturated rings. The molecule has 3 heterocycles. The Labute approximate surface area is 119 Å². The molecule has 2 aromatic rings. The van der Waals surface area contributed by atoms with E-state index in [9.17, 15) is 0 Å². The van der Waals surface area contributed by atoms with Gasteiger partial charge in [-0.05, 0) is 55.6 Å². The van der Waals surface area contributed by atoms with E-state index in [-0.39, 0.29) is 24.8 Å². The molecule has 5 heteroatoms. The molecule has 0 unspecified atom stereocenters. The molecular formula is C13H17Cl2N3. The molecule has 1 aliphatic rings. The third-order valence-electron chi connectivity index (χ3n) is 3.29. The first-order valence-electron chi connectivity index (χ1n) is 5.85. The number of hydrogen-bond acceptors (Lipinski definition) is 3. The van der Waals surface area contributed by atoms with Gasteiger partial charge in [-0.2, -0.15) is 0 Å². The molecule has 3 rings (SSSR count). The zero-order chi connectivity index (χ0) is 10.8. The molecular weight excluding hydrogens is 269 g/mol. The highest BCUT2D eigenvalue weighted by Crippen LogP contribution is 2.26. The summed E-state index contributed by atoms with van der Waals surface area (Å²) in [5, 5.41) is 4.54. The van der Waals surface area contributed by atoms with Gasteiger partial charge in [0.1, 0.15) is 0 Å². The van der Waals surface area contributed by atoms with Gasteiger partial charge in [0.25, 0.3) is 0 Å². The van der Waals surface area contributed by atoms with Gasteiger partial charge in [0, 0.05) is 17.8 Å². The minimum absolute atomic E-state index is 0. The van der Waals surface area contributed by atoms with Crippen molar-refractivity contribution >= 4 is 35.8 Å². The van der Waals surface area contributed by atoms with E-state index in [0.29, 0.717) is 5.92 Å². The Balaban J connectivity index is 0.000000810. The van der Waals surface area contributed by atoms with Crippen LogP contribution in [0, 0.1) is 0 Å². The van der Waals surface area contributed by atoms with Gasteiger partial charge < -0.3 is 5.32 Å². The summed E-state index contributed by atoms with van der Waals surface area (Å²) in [5.74, 6) is 0.665. The predicted octanol–water partition coefficient (Wildman–Crippen LogP) is 2.94. The van der Waals surface area contributed by atoms with Gasteiger partial charge in [0.05, 0.1) is 0 Å². The van der Waals surface area contributed by atoms with E-state index in [1.54, 1.807) is 6.20 Å². The number of piperidine rings is 1. The van der Waals surface area contributed by atoms with Crippen molar-refractivity contribution in [1.82, 2.24) is 15.3 Å². The van der Waals surface area contributed by atoms with Gasteiger partial charge in [0.15, 0.2) is 5.65 Å². The first kappa shape index (κ1) is 15.2. The van der Waals surface area contributed by atoms with Crippen LogP contribution in [-0.4, -0.2) is 23.1 Å². The van der Waals surface area contributed by atoms with Crippen molar-refractivity contribution in [3.63, 3.8) is 0 Å². The lowest BCUT2D eigenvalue weighted by molar-refractivity contribution is 0.460. The number of pyridine rings is 2. The molecule has 0 spiro atoms. The quantitative estimate of drug-likeness (QED) is 0.876. The van der Waals surface area contributed by atoms with Crippen LogP contribution in [0.25, 0.3) is 11.0 Å². The van der Waals surface area contributed by atoms with Crippen LogP contribution in [-0.2, 0) is 0 Å². The van der Waals surface area contributed by atoms with Gasteiger partial charge in [-0.25, -0.2) is 9.97 Å². The first-order valence-corrected chi connectivity index (χ1v) is 5.85. The largest absolute Gasteiger partial charge is 0.317 e. The zero-order valence-electron chi connectivity index (χ0n) is 10.0. The normalized spacial score (nSPS) is 15.8. The van der Waals surface area contributed by atoms with Crippen molar-refractivity contribution in [2.75, 3.05) is 13.1 Å².